The molecular formula is C14H12N2O6. The van der Waals surface area contributed by atoms with Crippen molar-refractivity contribution < 1.29 is 19.3 Å². The lowest BCUT2D eigenvalue weighted by Gasteiger charge is -2.18. The van der Waals surface area contributed by atoms with Crippen LogP contribution in [0.2, 0.25) is 0 Å². The average molecular weight is 304 g/mol. The Balaban J connectivity index is 2.25. The van der Waals surface area contributed by atoms with E-state index in [4.69, 9.17) is 9.47 Å². The van der Waals surface area contributed by atoms with E-state index in [2.05, 4.69) is 0 Å². The minimum atomic E-state index is -2.92. The van der Waals surface area contributed by atoms with Gasteiger partial charge in [0, 0.05) is 0 Å². The minimum Gasteiger partial charge on any atom is -0.473 e. The summed E-state index contributed by atoms with van der Waals surface area (Å²) in [6.07, 6.45) is 0. The van der Waals surface area contributed by atoms with E-state index >= 15 is 0 Å². The largest absolute Gasteiger partial charge is 0.654 e. The van der Waals surface area contributed by atoms with Gasteiger partial charge in [-0.05, 0) is 24.3 Å². The molecule has 0 radical (unpaired) electrons. The van der Waals surface area contributed by atoms with Gasteiger partial charge >= 0.3 is 5.85 Å². The van der Waals surface area contributed by atoms with Gasteiger partial charge < -0.3 is 9.47 Å². The SMILES string of the molecule is O=[N+]([O-])C(COc1ccccc1)(Oc1ccccc1)[N+](=O)[O-]. The van der Waals surface area contributed by atoms with Crippen LogP contribution in [0.1, 0.15) is 0 Å². The molecule has 22 heavy (non-hydrogen) atoms. The fourth-order valence-electron chi connectivity index (χ4n) is 1.65. The lowest BCUT2D eigenvalue weighted by molar-refractivity contribution is -0.840. The summed E-state index contributed by atoms with van der Waals surface area (Å²) in [7, 11) is 0. The Kier molecular flexibility index (Phi) is 4.52. The van der Waals surface area contributed by atoms with Crippen LogP contribution in [-0.4, -0.2) is 22.3 Å². The van der Waals surface area contributed by atoms with E-state index in [9.17, 15) is 20.2 Å². The topological polar surface area (TPSA) is 105 Å². The molecule has 0 aliphatic carbocycles. The van der Waals surface area contributed by atoms with Crippen LogP contribution in [0, 0.1) is 20.2 Å². The van der Waals surface area contributed by atoms with Crippen molar-refractivity contribution in [1.82, 2.24) is 0 Å². The van der Waals surface area contributed by atoms with Gasteiger partial charge in [0.1, 0.15) is 21.3 Å². The highest BCUT2D eigenvalue weighted by molar-refractivity contribution is 5.22. The molecule has 2 rings (SSSR count). The van der Waals surface area contributed by atoms with Gasteiger partial charge in [-0.3, -0.25) is 20.2 Å². The van der Waals surface area contributed by atoms with Crippen molar-refractivity contribution >= 4 is 0 Å². The first kappa shape index (κ1) is 15.2. The molecule has 0 atom stereocenters. The molecule has 0 heterocycles. The predicted molar refractivity (Wildman–Crippen MR) is 75.7 cm³/mol. The monoisotopic (exact) mass is 304 g/mol. The Morgan fingerprint density at radius 2 is 1.27 bits per heavy atom. The third-order valence-electron chi connectivity index (χ3n) is 2.77. The third kappa shape index (κ3) is 3.29. The maximum atomic E-state index is 11.2. The molecule has 0 aromatic heterocycles. The highest BCUT2D eigenvalue weighted by Gasteiger charge is 2.61. The highest BCUT2D eigenvalue weighted by atomic mass is 16.8. The maximum absolute atomic E-state index is 11.2. The molecule has 2 aromatic rings. The van der Waals surface area contributed by atoms with Crippen LogP contribution in [0.15, 0.2) is 60.7 Å². The van der Waals surface area contributed by atoms with Crippen molar-refractivity contribution in [2.24, 2.45) is 0 Å². The summed E-state index contributed by atoms with van der Waals surface area (Å²) in [5.41, 5.74) is 0. The standard InChI is InChI=1S/C14H12N2O6/c17-15(18)14(16(19)20,22-13-9-5-2-6-10-13)11-21-12-7-3-1-4-8-12/h1-10H,11H2. The Labute approximate surface area is 125 Å². The second-order valence-electron chi connectivity index (χ2n) is 4.27. The fraction of sp³-hybridized carbons (Fsp3) is 0.143. The minimum absolute atomic E-state index is 0.00700. The van der Waals surface area contributed by atoms with E-state index in [1.807, 2.05) is 0 Å². The first-order valence-corrected chi connectivity index (χ1v) is 6.25. The fourth-order valence-corrected chi connectivity index (χ4v) is 1.65. The van der Waals surface area contributed by atoms with Gasteiger partial charge in [-0.1, -0.05) is 36.4 Å². The average Bonchev–Trinajstić information content (AvgIpc) is 2.53. The molecule has 0 spiro atoms. The van der Waals surface area contributed by atoms with Crippen molar-refractivity contribution in [2.75, 3.05) is 6.61 Å². The first-order chi connectivity index (χ1) is 10.5. The summed E-state index contributed by atoms with van der Waals surface area (Å²) < 4.78 is 10.2. The second-order valence-corrected chi connectivity index (χ2v) is 4.27. The highest BCUT2D eigenvalue weighted by Crippen LogP contribution is 2.21. The summed E-state index contributed by atoms with van der Waals surface area (Å²) in [4.78, 5) is 20.3. The number of rotatable bonds is 7. The zero-order chi connectivity index (χ0) is 16.0. The molecule has 0 aliphatic rings. The summed E-state index contributed by atoms with van der Waals surface area (Å²) in [5.74, 6) is -2.64. The van der Waals surface area contributed by atoms with Gasteiger partial charge in [0.2, 0.25) is 0 Å². The zero-order valence-corrected chi connectivity index (χ0v) is 11.3. The summed E-state index contributed by atoms with van der Waals surface area (Å²) in [6, 6.07) is 15.6. The van der Waals surface area contributed by atoms with E-state index in [1.54, 1.807) is 36.4 Å². The van der Waals surface area contributed by atoms with Crippen LogP contribution in [0.5, 0.6) is 11.5 Å². The van der Waals surface area contributed by atoms with Gasteiger partial charge in [0.15, 0.2) is 0 Å². The van der Waals surface area contributed by atoms with Crippen LogP contribution in [0.25, 0.3) is 0 Å². The summed E-state index contributed by atoms with van der Waals surface area (Å²) >= 11 is 0. The van der Waals surface area contributed by atoms with E-state index in [0.29, 0.717) is 0 Å². The number of para-hydroxylation sites is 2. The molecule has 8 nitrogen and oxygen atoms in total. The van der Waals surface area contributed by atoms with E-state index in [1.165, 1.54) is 24.3 Å². The van der Waals surface area contributed by atoms with Crippen LogP contribution in [-0.2, 0) is 0 Å². The number of benzene rings is 2. The zero-order valence-electron chi connectivity index (χ0n) is 11.3. The smallest absolute Gasteiger partial charge is 0.473 e. The van der Waals surface area contributed by atoms with E-state index < -0.39 is 22.3 Å². The predicted octanol–water partition coefficient (Wildman–Crippen LogP) is 2.35. The molecule has 0 saturated heterocycles. The van der Waals surface area contributed by atoms with Gasteiger partial charge in [0.05, 0.1) is 0 Å². The molecule has 0 saturated carbocycles. The van der Waals surface area contributed by atoms with Crippen LogP contribution >= 0.6 is 0 Å². The molecule has 0 aliphatic heterocycles. The Morgan fingerprint density at radius 3 is 1.73 bits per heavy atom. The lowest BCUT2D eigenvalue weighted by atomic mass is 10.3. The molecule has 0 amide bonds. The lowest BCUT2D eigenvalue weighted by Crippen LogP contribution is -2.56. The number of nitro groups is 2. The van der Waals surface area contributed by atoms with Gasteiger partial charge in [0.25, 0.3) is 6.61 Å². The first-order valence-electron chi connectivity index (χ1n) is 6.25. The molecule has 114 valence electrons. The quantitative estimate of drug-likeness (QED) is 0.441. The van der Waals surface area contributed by atoms with Gasteiger partial charge in [-0.2, -0.15) is 0 Å². The summed E-state index contributed by atoms with van der Waals surface area (Å²) in [5, 5.41) is 22.5. The van der Waals surface area contributed by atoms with Gasteiger partial charge in [-0.15, -0.1) is 0 Å². The van der Waals surface area contributed by atoms with E-state index in [0.717, 1.165) is 0 Å². The number of ether oxygens (including phenoxy) is 2. The normalized spacial score (nSPS) is 10.7. The molecule has 0 bridgehead atoms. The number of nitrogens with zero attached hydrogens (tertiary/aromatic N) is 2. The molecule has 0 N–H and O–H groups in total. The molecule has 8 heteroatoms. The van der Waals surface area contributed by atoms with Crippen molar-refractivity contribution in [3.63, 3.8) is 0 Å². The third-order valence-corrected chi connectivity index (χ3v) is 2.77. The van der Waals surface area contributed by atoms with Gasteiger partial charge in [-0.25, -0.2) is 0 Å². The maximum Gasteiger partial charge on any atom is 0.654 e. The Bertz CT molecular complexity index is 633. The molecule has 2 aromatic carbocycles. The van der Waals surface area contributed by atoms with Crippen molar-refractivity contribution in [3.8, 4) is 11.5 Å². The Morgan fingerprint density at radius 1 is 0.818 bits per heavy atom. The summed E-state index contributed by atoms with van der Waals surface area (Å²) in [6.45, 7) is -0.869. The van der Waals surface area contributed by atoms with E-state index in [-0.39, 0.29) is 11.5 Å². The molecule has 0 unspecified atom stereocenters. The number of hydrogen-bond donors (Lipinski definition) is 0. The molecule has 0 fully saturated rings. The van der Waals surface area contributed by atoms with Crippen molar-refractivity contribution in [1.29, 1.82) is 0 Å². The second kappa shape index (κ2) is 6.53. The Hall–Kier alpha value is -3.16. The van der Waals surface area contributed by atoms with Crippen LogP contribution in [0.3, 0.4) is 0 Å². The van der Waals surface area contributed by atoms with Crippen LogP contribution in [0.4, 0.5) is 0 Å². The van der Waals surface area contributed by atoms with Crippen molar-refractivity contribution in [3.05, 3.63) is 80.9 Å². The van der Waals surface area contributed by atoms with Crippen molar-refractivity contribution in [2.45, 2.75) is 5.85 Å². The number of hydrogen-bond acceptors (Lipinski definition) is 6. The molecular weight excluding hydrogens is 292 g/mol. The van der Waals surface area contributed by atoms with Crippen LogP contribution < -0.4 is 9.47 Å².